The summed E-state index contributed by atoms with van der Waals surface area (Å²) in [5.74, 6) is 1.02. The van der Waals surface area contributed by atoms with Gasteiger partial charge in [-0.25, -0.2) is 8.42 Å². The molecular formula is C13H19NO2S. The zero-order valence-corrected chi connectivity index (χ0v) is 11.0. The van der Waals surface area contributed by atoms with Gasteiger partial charge in [-0.1, -0.05) is 24.3 Å². The first-order valence-electron chi connectivity index (χ1n) is 6.02. The average molecular weight is 253 g/mol. The van der Waals surface area contributed by atoms with E-state index >= 15 is 0 Å². The molecule has 0 bridgehead atoms. The van der Waals surface area contributed by atoms with Crippen LogP contribution in [-0.2, 0) is 16.4 Å². The summed E-state index contributed by atoms with van der Waals surface area (Å²) in [5.41, 5.74) is 2.56. The molecule has 3 nitrogen and oxygen atoms in total. The number of rotatable bonds is 4. The summed E-state index contributed by atoms with van der Waals surface area (Å²) in [7, 11) is -2.74. The van der Waals surface area contributed by atoms with Crippen LogP contribution in [0.15, 0.2) is 24.3 Å². The average Bonchev–Trinajstić information content (AvgIpc) is 2.61. The lowest BCUT2D eigenvalue weighted by atomic mass is 10.1. The van der Waals surface area contributed by atoms with Crippen molar-refractivity contribution in [2.45, 2.75) is 19.9 Å². The third kappa shape index (κ3) is 3.54. The first-order valence-corrected chi connectivity index (χ1v) is 7.84. The highest BCUT2D eigenvalue weighted by atomic mass is 32.2. The molecule has 0 amide bonds. The maximum atomic E-state index is 11.3. The Hall–Kier alpha value is -0.870. The third-order valence-electron chi connectivity index (χ3n) is 3.34. The molecule has 1 N–H and O–H groups in total. The number of sulfone groups is 1. The highest BCUT2D eigenvalue weighted by Crippen LogP contribution is 2.17. The van der Waals surface area contributed by atoms with Gasteiger partial charge in [-0.05, 0) is 36.9 Å². The van der Waals surface area contributed by atoms with Gasteiger partial charge in [0.2, 0.25) is 0 Å². The van der Waals surface area contributed by atoms with Crippen molar-refractivity contribution >= 4 is 9.84 Å². The van der Waals surface area contributed by atoms with Crippen molar-refractivity contribution in [3.05, 3.63) is 35.4 Å². The molecule has 94 valence electrons. The molecule has 0 aliphatic carbocycles. The van der Waals surface area contributed by atoms with Crippen LogP contribution in [0, 0.1) is 12.8 Å². The summed E-state index contributed by atoms with van der Waals surface area (Å²) in [5, 5.41) is 3.36. The molecule has 1 fully saturated rings. The standard InChI is InChI=1S/C13H19NO2S/c1-11-4-2-3-5-13(11)9-14-8-12-6-7-17(15,16)10-12/h2-5,12,14H,6-10H2,1H3. The summed E-state index contributed by atoms with van der Waals surface area (Å²) >= 11 is 0. The van der Waals surface area contributed by atoms with Crippen LogP contribution < -0.4 is 5.32 Å². The van der Waals surface area contributed by atoms with Crippen molar-refractivity contribution in [2.24, 2.45) is 5.92 Å². The Kier molecular flexibility index (Phi) is 3.84. The van der Waals surface area contributed by atoms with Gasteiger partial charge in [0.15, 0.2) is 9.84 Å². The minimum Gasteiger partial charge on any atom is -0.312 e. The SMILES string of the molecule is Cc1ccccc1CNCC1CCS(=O)(=O)C1. The molecule has 1 aliphatic heterocycles. The van der Waals surface area contributed by atoms with E-state index in [0.717, 1.165) is 19.5 Å². The Bertz CT molecular complexity index is 482. The van der Waals surface area contributed by atoms with Crippen LogP contribution >= 0.6 is 0 Å². The predicted molar refractivity (Wildman–Crippen MR) is 69.6 cm³/mol. The molecule has 0 aromatic heterocycles. The lowest BCUT2D eigenvalue weighted by Gasteiger charge is -2.10. The van der Waals surface area contributed by atoms with Gasteiger partial charge >= 0.3 is 0 Å². The number of nitrogens with one attached hydrogen (secondary N) is 1. The van der Waals surface area contributed by atoms with E-state index in [1.807, 2.05) is 12.1 Å². The quantitative estimate of drug-likeness (QED) is 0.885. The fourth-order valence-corrected chi connectivity index (χ4v) is 4.11. The van der Waals surface area contributed by atoms with E-state index in [1.165, 1.54) is 11.1 Å². The van der Waals surface area contributed by atoms with Crippen LogP contribution in [0.1, 0.15) is 17.5 Å². The topological polar surface area (TPSA) is 46.2 Å². The van der Waals surface area contributed by atoms with Gasteiger partial charge in [0, 0.05) is 6.54 Å². The zero-order chi connectivity index (χ0) is 12.3. The number of hydrogen-bond acceptors (Lipinski definition) is 3. The molecule has 4 heteroatoms. The third-order valence-corrected chi connectivity index (χ3v) is 5.17. The second-order valence-corrected chi connectivity index (χ2v) is 7.06. The Morgan fingerprint density at radius 1 is 1.35 bits per heavy atom. The molecule has 0 saturated carbocycles. The molecule has 1 aromatic carbocycles. The fraction of sp³-hybridized carbons (Fsp3) is 0.538. The smallest absolute Gasteiger partial charge is 0.150 e. The van der Waals surface area contributed by atoms with E-state index in [1.54, 1.807) is 0 Å². The number of aryl methyl sites for hydroxylation is 1. The first kappa shape index (κ1) is 12.6. The van der Waals surface area contributed by atoms with E-state index in [-0.39, 0.29) is 0 Å². The summed E-state index contributed by atoms with van der Waals surface area (Å²) in [6, 6.07) is 8.26. The normalized spacial score (nSPS) is 22.8. The second-order valence-electron chi connectivity index (χ2n) is 4.83. The van der Waals surface area contributed by atoms with Gasteiger partial charge in [0.25, 0.3) is 0 Å². The van der Waals surface area contributed by atoms with E-state index in [2.05, 4.69) is 24.4 Å². The summed E-state index contributed by atoms with van der Waals surface area (Å²) in [6.07, 6.45) is 0.809. The Labute approximate surface area is 103 Å². The second kappa shape index (κ2) is 5.19. The fourth-order valence-electron chi connectivity index (χ4n) is 2.25. The van der Waals surface area contributed by atoms with Crippen molar-refractivity contribution in [3.63, 3.8) is 0 Å². The first-order chi connectivity index (χ1) is 8.07. The zero-order valence-electron chi connectivity index (χ0n) is 10.1. The van der Waals surface area contributed by atoms with Crippen molar-refractivity contribution in [1.29, 1.82) is 0 Å². The summed E-state index contributed by atoms with van der Waals surface area (Å²) in [6.45, 7) is 3.72. The monoisotopic (exact) mass is 253 g/mol. The molecule has 1 unspecified atom stereocenters. The molecule has 1 heterocycles. The number of hydrogen-bond donors (Lipinski definition) is 1. The lowest BCUT2D eigenvalue weighted by molar-refractivity contribution is 0.520. The van der Waals surface area contributed by atoms with Crippen LogP contribution in [0.2, 0.25) is 0 Å². The van der Waals surface area contributed by atoms with Gasteiger partial charge in [0.1, 0.15) is 0 Å². The van der Waals surface area contributed by atoms with Crippen molar-refractivity contribution in [3.8, 4) is 0 Å². The minimum absolute atomic E-state index is 0.295. The van der Waals surface area contributed by atoms with Crippen molar-refractivity contribution in [2.75, 3.05) is 18.1 Å². The largest absolute Gasteiger partial charge is 0.312 e. The minimum atomic E-state index is -2.74. The van der Waals surface area contributed by atoms with Crippen LogP contribution in [0.25, 0.3) is 0 Å². The Morgan fingerprint density at radius 3 is 2.76 bits per heavy atom. The van der Waals surface area contributed by atoms with Gasteiger partial charge in [-0.3, -0.25) is 0 Å². The van der Waals surface area contributed by atoms with E-state index in [4.69, 9.17) is 0 Å². The maximum Gasteiger partial charge on any atom is 0.150 e. The lowest BCUT2D eigenvalue weighted by Crippen LogP contribution is -2.23. The van der Waals surface area contributed by atoms with Crippen LogP contribution in [0.3, 0.4) is 0 Å². The summed E-state index contributed by atoms with van der Waals surface area (Å²) < 4.78 is 22.6. The Balaban J connectivity index is 1.79. The van der Waals surface area contributed by atoms with Gasteiger partial charge < -0.3 is 5.32 Å². The molecule has 1 aliphatic rings. The molecule has 1 saturated heterocycles. The van der Waals surface area contributed by atoms with Crippen LogP contribution in [0.4, 0.5) is 0 Å². The molecule has 17 heavy (non-hydrogen) atoms. The van der Waals surface area contributed by atoms with Crippen molar-refractivity contribution in [1.82, 2.24) is 5.32 Å². The molecule has 1 aromatic rings. The highest BCUT2D eigenvalue weighted by Gasteiger charge is 2.27. The molecule has 0 spiro atoms. The van der Waals surface area contributed by atoms with Gasteiger partial charge in [-0.15, -0.1) is 0 Å². The predicted octanol–water partition coefficient (Wildman–Crippen LogP) is 1.52. The molecule has 0 radical (unpaired) electrons. The Morgan fingerprint density at radius 2 is 2.12 bits per heavy atom. The number of benzene rings is 1. The van der Waals surface area contributed by atoms with Crippen LogP contribution in [0.5, 0.6) is 0 Å². The van der Waals surface area contributed by atoms with Crippen molar-refractivity contribution < 1.29 is 8.42 Å². The van der Waals surface area contributed by atoms with E-state index in [9.17, 15) is 8.42 Å². The summed E-state index contributed by atoms with van der Waals surface area (Å²) in [4.78, 5) is 0. The van der Waals surface area contributed by atoms with Gasteiger partial charge in [-0.2, -0.15) is 0 Å². The molecular weight excluding hydrogens is 234 g/mol. The van der Waals surface area contributed by atoms with Crippen LogP contribution in [-0.4, -0.2) is 26.5 Å². The van der Waals surface area contributed by atoms with E-state index in [0.29, 0.717) is 17.4 Å². The van der Waals surface area contributed by atoms with E-state index < -0.39 is 9.84 Å². The molecule has 1 atom stereocenters. The molecule has 2 rings (SSSR count). The maximum absolute atomic E-state index is 11.3. The van der Waals surface area contributed by atoms with Gasteiger partial charge in [0.05, 0.1) is 11.5 Å². The highest BCUT2D eigenvalue weighted by molar-refractivity contribution is 7.91.